The lowest BCUT2D eigenvalue weighted by Gasteiger charge is -2.33. The number of hydrogen-bond donors (Lipinski definition) is 1. The summed E-state index contributed by atoms with van der Waals surface area (Å²) < 4.78 is 1.26. The third kappa shape index (κ3) is 4.68. The summed E-state index contributed by atoms with van der Waals surface area (Å²) in [5.74, 6) is 0.645. The second-order valence-corrected chi connectivity index (χ2v) is 8.93. The van der Waals surface area contributed by atoms with Crippen LogP contribution in [-0.2, 0) is 4.79 Å². The number of aromatic nitrogens is 1. The molecule has 1 N–H and O–H groups in total. The van der Waals surface area contributed by atoms with Crippen molar-refractivity contribution in [3.8, 4) is 0 Å². The predicted octanol–water partition coefficient (Wildman–Crippen LogP) is 3.08. The van der Waals surface area contributed by atoms with E-state index in [0.29, 0.717) is 18.5 Å². The first-order chi connectivity index (χ1) is 13.2. The molecule has 2 aliphatic rings. The van der Waals surface area contributed by atoms with Gasteiger partial charge in [0.2, 0.25) is 5.91 Å². The Hall–Kier alpha value is -1.50. The second-order valence-electron chi connectivity index (χ2n) is 7.87. The number of fused-ring (bicyclic) bond motifs is 1. The van der Waals surface area contributed by atoms with Crippen molar-refractivity contribution >= 4 is 27.5 Å². The summed E-state index contributed by atoms with van der Waals surface area (Å²) in [5, 5.41) is 4.50. The van der Waals surface area contributed by atoms with Crippen LogP contribution in [0.3, 0.4) is 0 Å². The van der Waals surface area contributed by atoms with Gasteiger partial charge in [0.05, 0.1) is 21.8 Å². The van der Waals surface area contributed by atoms with Gasteiger partial charge in [0, 0.05) is 31.6 Å². The Labute approximate surface area is 165 Å². The van der Waals surface area contributed by atoms with Crippen LogP contribution in [0.2, 0.25) is 0 Å². The molecule has 0 saturated carbocycles. The molecular weight excluding hydrogens is 356 g/mol. The minimum Gasteiger partial charge on any atom is -0.352 e. The van der Waals surface area contributed by atoms with E-state index in [-0.39, 0.29) is 5.91 Å². The van der Waals surface area contributed by atoms with Crippen LogP contribution >= 0.6 is 11.3 Å². The van der Waals surface area contributed by atoms with E-state index in [1.165, 1.54) is 16.1 Å². The number of carbonyl (C=O) groups excluding carboxylic acids is 1. The van der Waals surface area contributed by atoms with E-state index in [2.05, 4.69) is 40.2 Å². The minimum atomic E-state index is 0.190. The van der Waals surface area contributed by atoms with Gasteiger partial charge in [-0.25, -0.2) is 4.98 Å². The summed E-state index contributed by atoms with van der Waals surface area (Å²) in [4.78, 5) is 22.2. The Bertz CT molecular complexity index is 735. The summed E-state index contributed by atoms with van der Waals surface area (Å²) in [6, 6.07) is 8.72. The lowest BCUT2D eigenvalue weighted by Crippen LogP contribution is -2.48. The molecule has 0 spiro atoms. The van der Waals surface area contributed by atoms with E-state index >= 15 is 0 Å². The van der Waals surface area contributed by atoms with Crippen LogP contribution in [0.5, 0.6) is 0 Å². The SMILES string of the molecule is CCN1CCC(NC(=O)CN2CCC[C@@H](c3nc4ccccc4s3)C2)CC1. The van der Waals surface area contributed by atoms with Crippen molar-refractivity contribution in [2.75, 3.05) is 39.3 Å². The molecule has 3 heterocycles. The molecule has 27 heavy (non-hydrogen) atoms. The van der Waals surface area contributed by atoms with Gasteiger partial charge in [0.25, 0.3) is 0 Å². The van der Waals surface area contributed by atoms with E-state index < -0.39 is 0 Å². The van der Waals surface area contributed by atoms with Crippen molar-refractivity contribution in [1.29, 1.82) is 0 Å². The molecule has 4 rings (SSSR count). The fourth-order valence-corrected chi connectivity index (χ4v) is 5.43. The number of nitrogens with zero attached hydrogens (tertiary/aromatic N) is 3. The normalized spacial score (nSPS) is 22.9. The highest BCUT2D eigenvalue weighted by Gasteiger charge is 2.26. The molecule has 1 atom stereocenters. The average Bonchev–Trinajstić information content (AvgIpc) is 3.13. The van der Waals surface area contributed by atoms with Gasteiger partial charge in [0.1, 0.15) is 0 Å². The quantitative estimate of drug-likeness (QED) is 0.858. The van der Waals surface area contributed by atoms with Gasteiger partial charge in [-0.1, -0.05) is 19.1 Å². The number of piperidine rings is 2. The molecule has 2 aliphatic heterocycles. The van der Waals surface area contributed by atoms with Crippen LogP contribution in [0.1, 0.15) is 43.5 Å². The molecular formula is C21H30N4OS. The number of para-hydroxylation sites is 1. The first-order valence-electron chi connectivity index (χ1n) is 10.3. The number of amides is 1. The Morgan fingerprint density at radius 2 is 2.00 bits per heavy atom. The standard InChI is InChI=1S/C21H30N4OS/c1-2-24-12-9-17(10-13-24)22-20(26)15-25-11-5-6-16(14-25)21-23-18-7-3-4-8-19(18)27-21/h3-4,7-8,16-17H,2,5-6,9-15H2,1H3,(H,22,26)/t16-/m1/s1. The van der Waals surface area contributed by atoms with E-state index in [1.54, 1.807) is 0 Å². The van der Waals surface area contributed by atoms with Crippen LogP contribution < -0.4 is 5.32 Å². The maximum absolute atomic E-state index is 12.5. The van der Waals surface area contributed by atoms with Crippen molar-refractivity contribution < 1.29 is 4.79 Å². The summed E-state index contributed by atoms with van der Waals surface area (Å²) in [6.45, 7) is 8.01. The zero-order valence-electron chi connectivity index (χ0n) is 16.2. The topological polar surface area (TPSA) is 48.5 Å². The van der Waals surface area contributed by atoms with E-state index in [0.717, 1.165) is 57.5 Å². The average molecular weight is 387 g/mol. The number of carbonyl (C=O) groups is 1. The second kappa shape index (κ2) is 8.67. The smallest absolute Gasteiger partial charge is 0.234 e. The molecule has 2 fully saturated rings. The third-order valence-electron chi connectivity index (χ3n) is 5.93. The van der Waals surface area contributed by atoms with Crippen LogP contribution in [0.4, 0.5) is 0 Å². The zero-order chi connectivity index (χ0) is 18.6. The van der Waals surface area contributed by atoms with Gasteiger partial charge in [-0.2, -0.15) is 0 Å². The summed E-state index contributed by atoms with van der Waals surface area (Å²) in [7, 11) is 0. The number of nitrogens with one attached hydrogen (secondary N) is 1. The molecule has 2 saturated heterocycles. The van der Waals surface area contributed by atoms with Gasteiger partial charge in [-0.05, 0) is 50.9 Å². The fourth-order valence-electron chi connectivity index (χ4n) is 4.34. The van der Waals surface area contributed by atoms with Gasteiger partial charge < -0.3 is 10.2 Å². The number of thiazole rings is 1. The van der Waals surface area contributed by atoms with Crippen LogP contribution in [0.25, 0.3) is 10.2 Å². The van der Waals surface area contributed by atoms with Crippen LogP contribution in [0.15, 0.2) is 24.3 Å². The first kappa shape index (κ1) is 18.8. The number of rotatable bonds is 5. The largest absolute Gasteiger partial charge is 0.352 e. The molecule has 0 aliphatic carbocycles. The highest BCUT2D eigenvalue weighted by Crippen LogP contribution is 2.32. The van der Waals surface area contributed by atoms with E-state index in [1.807, 2.05) is 17.4 Å². The van der Waals surface area contributed by atoms with Crippen molar-refractivity contribution in [2.45, 2.75) is 44.6 Å². The molecule has 1 aromatic heterocycles. The maximum atomic E-state index is 12.5. The minimum absolute atomic E-state index is 0.190. The Morgan fingerprint density at radius 3 is 2.78 bits per heavy atom. The highest BCUT2D eigenvalue weighted by atomic mass is 32.1. The molecule has 1 aromatic carbocycles. The van der Waals surface area contributed by atoms with Crippen LogP contribution in [-0.4, -0.2) is 66.0 Å². The summed E-state index contributed by atoms with van der Waals surface area (Å²) >= 11 is 1.81. The molecule has 146 valence electrons. The summed E-state index contributed by atoms with van der Waals surface area (Å²) in [5.41, 5.74) is 1.10. The van der Waals surface area contributed by atoms with Crippen molar-refractivity contribution in [1.82, 2.24) is 20.1 Å². The van der Waals surface area contributed by atoms with Crippen molar-refractivity contribution in [2.24, 2.45) is 0 Å². The van der Waals surface area contributed by atoms with E-state index in [9.17, 15) is 4.79 Å². The highest BCUT2D eigenvalue weighted by molar-refractivity contribution is 7.18. The Balaban J connectivity index is 1.30. The molecule has 0 unspecified atom stereocenters. The lowest BCUT2D eigenvalue weighted by atomic mass is 9.98. The van der Waals surface area contributed by atoms with E-state index in [4.69, 9.17) is 4.98 Å². The number of hydrogen-bond acceptors (Lipinski definition) is 5. The Morgan fingerprint density at radius 1 is 1.19 bits per heavy atom. The summed E-state index contributed by atoms with van der Waals surface area (Å²) in [6.07, 6.45) is 4.47. The van der Waals surface area contributed by atoms with Gasteiger partial charge in [-0.15, -0.1) is 11.3 Å². The monoisotopic (exact) mass is 386 g/mol. The maximum Gasteiger partial charge on any atom is 0.234 e. The molecule has 0 bridgehead atoms. The number of likely N-dealkylation sites (tertiary alicyclic amines) is 2. The van der Waals surface area contributed by atoms with Crippen molar-refractivity contribution in [3.63, 3.8) is 0 Å². The zero-order valence-corrected chi connectivity index (χ0v) is 17.0. The molecule has 0 radical (unpaired) electrons. The lowest BCUT2D eigenvalue weighted by molar-refractivity contribution is -0.123. The number of benzene rings is 1. The fraction of sp³-hybridized carbons (Fsp3) is 0.619. The molecule has 1 amide bonds. The van der Waals surface area contributed by atoms with Gasteiger partial charge >= 0.3 is 0 Å². The molecule has 6 heteroatoms. The third-order valence-corrected chi connectivity index (χ3v) is 7.13. The molecule has 5 nitrogen and oxygen atoms in total. The van der Waals surface area contributed by atoms with Crippen molar-refractivity contribution in [3.05, 3.63) is 29.3 Å². The Kier molecular flexibility index (Phi) is 6.05. The predicted molar refractivity (Wildman–Crippen MR) is 111 cm³/mol. The van der Waals surface area contributed by atoms with Gasteiger partial charge in [-0.3, -0.25) is 9.69 Å². The molecule has 2 aromatic rings. The van der Waals surface area contributed by atoms with Crippen LogP contribution in [0, 0.1) is 0 Å². The van der Waals surface area contributed by atoms with Gasteiger partial charge in [0.15, 0.2) is 0 Å². The first-order valence-corrected chi connectivity index (χ1v) is 11.1.